The summed E-state index contributed by atoms with van der Waals surface area (Å²) in [4.78, 5) is 32.8. The van der Waals surface area contributed by atoms with Gasteiger partial charge >= 0.3 is 12.1 Å². The quantitative estimate of drug-likeness (QED) is 0.446. The molecule has 7 nitrogen and oxygen atoms in total. The maximum absolute atomic E-state index is 11.6. The Bertz CT molecular complexity index is 478. The summed E-state index contributed by atoms with van der Waals surface area (Å²) in [7, 11) is 0. The van der Waals surface area contributed by atoms with Crippen molar-refractivity contribution in [2.24, 2.45) is 0 Å². The Balaban J connectivity index is 2.30. The van der Waals surface area contributed by atoms with Crippen molar-refractivity contribution >= 4 is 18.5 Å². The molecular weight excluding hydrogens is 288 g/mol. The monoisotopic (exact) mass is 308 g/mol. The van der Waals surface area contributed by atoms with Gasteiger partial charge in [-0.1, -0.05) is 30.3 Å². The number of unbranched alkanes of at least 4 members (excludes halogenated alkanes) is 1. The van der Waals surface area contributed by atoms with Crippen molar-refractivity contribution in [1.29, 1.82) is 0 Å². The van der Waals surface area contributed by atoms with Crippen LogP contribution < -0.4 is 10.6 Å². The average Bonchev–Trinajstić information content (AvgIpc) is 2.52. The number of amides is 2. The second-order valence-corrected chi connectivity index (χ2v) is 4.66. The molecule has 1 aromatic carbocycles. The molecule has 0 saturated heterocycles. The fourth-order valence-corrected chi connectivity index (χ4v) is 1.80. The number of carbonyl (C=O) groups excluding carboxylic acids is 2. The van der Waals surface area contributed by atoms with Crippen LogP contribution in [-0.4, -0.2) is 36.2 Å². The first kappa shape index (κ1) is 17.5. The summed E-state index contributed by atoms with van der Waals surface area (Å²) in [5.41, 5.74) is 0.824. The number of carboxylic acids is 1. The standard InChI is InChI=1S/C15H20N2O5/c18-11-16-9-5-4-8-13(14(19)20)17-15(21)22-10-12-6-2-1-3-7-12/h1-3,6-7,11,13H,4-5,8-10H2,(H,16,18)(H,17,21)(H,19,20). The number of hydrogen-bond acceptors (Lipinski definition) is 4. The topological polar surface area (TPSA) is 105 Å². The van der Waals surface area contributed by atoms with E-state index in [1.165, 1.54) is 0 Å². The first-order valence-electron chi connectivity index (χ1n) is 7.00. The molecule has 0 aliphatic heterocycles. The van der Waals surface area contributed by atoms with E-state index in [2.05, 4.69) is 10.6 Å². The number of hydrogen-bond donors (Lipinski definition) is 3. The van der Waals surface area contributed by atoms with Gasteiger partial charge in [-0.3, -0.25) is 4.79 Å². The van der Waals surface area contributed by atoms with E-state index in [0.717, 1.165) is 5.56 Å². The third-order valence-corrected chi connectivity index (χ3v) is 2.95. The summed E-state index contributed by atoms with van der Waals surface area (Å²) in [6, 6.07) is 8.11. The number of rotatable bonds is 10. The third kappa shape index (κ3) is 7.28. The number of aliphatic carboxylic acids is 1. The minimum absolute atomic E-state index is 0.0856. The summed E-state index contributed by atoms with van der Waals surface area (Å²) >= 11 is 0. The third-order valence-electron chi connectivity index (χ3n) is 2.95. The van der Waals surface area contributed by atoms with Crippen molar-refractivity contribution in [3.05, 3.63) is 35.9 Å². The Morgan fingerprint density at radius 1 is 1.23 bits per heavy atom. The molecule has 0 fully saturated rings. The van der Waals surface area contributed by atoms with Crippen molar-refractivity contribution in [2.75, 3.05) is 6.54 Å². The fraction of sp³-hybridized carbons (Fsp3) is 0.400. The van der Waals surface area contributed by atoms with Crippen molar-refractivity contribution in [3.8, 4) is 0 Å². The number of nitrogens with one attached hydrogen (secondary N) is 2. The predicted octanol–water partition coefficient (Wildman–Crippen LogP) is 1.28. The van der Waals surface area contributed by atoms with Crippen LogP contribution in [0.5, 0.6) is 0 Å². The van der Waals surface area contributed by atoms with Crippen LogP contribution in [0, 0.1) is 0 Å². The number of carboxylic acid groups (broad SMARTS) is 1. The minimum atomic E-state index is -1.11. The maximum Gasteiger partial charge on any atom is 0.408 e. The zero-order valence-corrected chi connectivity index (χ0v) is 12.2. The second-order valence-electron chi connectivity index (χ2n) is 4.66. The largest absolute Gasteiger partial charge is 0.480 e. The molecule has 22 heavy (non-hydrogen) atoms. The van der Waals surface area contributed by atoms with Crippen LogP contribution in [0.3, 0.4) is 0 Å². The first-order chi connectivity index (χ1) is 10.6. The average molecular weight is 308 g/mol. The zero-order chi connectivity index (χ0) is 16.2. The van der Waals surface area contributed by atoms with Gasteiger partial charge in [0.25, 0.3) is 0 Å². The van der Waals surface area contributed by atoms with Gasteiger partial charge in [-0.2, -0.15) is 0 Å². The highest BCUT2D eigenvalue weighted by molar-refractivity contribution is 5.79. The van der Waals surface area contributed by atoms with Gasteiger partial charge in [0.1, 0.15) is 12.6 Å². The lowest BCUT2D eigenvalue weighted by molar-refractivity contribution is -0.139. The molecule has 1 aromatic rings. The van der Waals surface area contributed by atoms with Gasteiger partial charge in [-0.05, 0) is 24.8 Å². The van der Waals surface area contributed by atoms with Gasteiger partial charge in [0.2, 0.25) is 6.41 Å². The number of ether oxygens (including phenoxy) is 1. The van der Waals surface area contributed by atoms with Crippen LogP contribution >= 0.6 is 0 Å². The Morgan fingerprint density at radius 2 is 1.95 bits per heavy atom. The van der Waals surface area contributed by atoms with E-state index in [1.807, 2.05) is 30.3 Å². The second kappa shape index (κ2) is 10.2. The summed E-state index contributed by atoms with van der Waals surface area (Å²) in [5, 5.41) is 13.9. The van der Waals surface area contributed by atoms with E-state index in [0.29, 0.717) is 25.8 Å². The predicted molar refractivity (Wildman–Crippen MR) is 79.1 cm³/mol. The van der Waals surface area contributed by atoms with Gasteiger partial charge in [0.15, 0.2) is 0 Å². The molecule has 0 aromatic heterocycles. The van der Waals surface area contributed by atoms with E-state index in [-0.39, 0.29) is 13.0 Å². The van der Waals surface area contributed by atoms with Crippen molar-refractivity contribution in [3.63, 3.8) is 0 Å². The summed E-state index contributed by atoms with van der Waals surface area (Å²) in [6.07, 6.45) is 1.31. The van der Waals surface area contributed by atoms with Crippen LogP contribution in [0.4, 0.5) is 4.79 Å². The van der Waals surface area contributed by atoms with Crippen LogP contribution in [0.15, 0.2) is 30.3 Å². The highest BCUT2D eigenvalue weighted by atomic mass is 16.5. The smallest absolute Gasteiger partial charge is 0.408 e. The molecule has 0 heterocycles. The molecule has 3 N–H and O–H groups in total. The van der Waals surface area contributed by atoms with Crippen molar-refractivity contribution in [2.45, 2.75) is 31.9 Å². The number of alkyl carbamates (subject to hydrolysis) is 1. The summed E-state index contributed by atoms with van der Waals surface area (Å²) in [6.45, 7) is 0.566. The normalized spacial score (nSPS) is 11.3. The van der Waals surface area contributed by atoms with Gasteiger partial charge < -0.3 is 20.5 Å². The highest BCUT2D eigenvalue weighted by Crippen LogP contribution is 2.04. The maximum atomic E-state index is 11.6. The Labute approximate surface area is 128 Å². The highest BCUT2D eigenvalue weighted by Gasteiger charge is 2.20. The molecule has 0 aliphatic carbocycles. The number of benzene rings is 1. The molecule has 1 atom stereocenters. The van der Waals surface area contributed by atoms with E-state index >= 15 is 0 Å². The van der Waals surface area contributed by atoms with Crippen LogP contribution in [0.25, 0.3) is 0 Å². The lowest BCUT2D eigenvalue weighted by Crippen LogP contribution is -2.41. The molecule has 120 valence electrons. The van der Waals surface area contributed by atoms with Crippen molar-refractivity contribution in [1.82, 2.24) is 10.6 Å². The zero-order valence-electron chi connectivity index (χ0n) is 12.2. The molecule has 0 bridgehead atoms. The van der Waals surface area contributed by atoms with E-state index < -0.39 is 18.1 Å². The lowest BCUT2D eigenvalue weighted by atomic mass is 10.1. The van der Waals surface area contributed by atoms with E-state index in [9.17, 15) is 14.4 Å². The first-order valence-corrected chi connectivity index (χ1v) is 7.00. The molecular formula is C15H20N2O5. The van der Waals surface area contributed by atoms with Crippen LogP contribution in [0.1, 0.15) is 24.8 Å². The summed E-state index contributed by atoms with van der Waals surface area (Å²) < 4.78 is 4.98. The molecule has 0 spiro atoms. The number of carbonyl (C=O) groups is 3. The van der Waals surface area contributed by atoms with Crippen LogP contribution in [-0.2, 0) is 20.9 Å². The Kier molecular flexibility index (Phi) is 8.10. The molecule has 1 unspecified atom stereocenters. The van der Waals surface area contributed by atoms with E-state index in [1.54, 1.807) is 0 Å². The molecule has 0 saturated carbocycles. The molecule has 0 aliphatic rings. The van der Waals surface area contributed by atoms with E-state index in [4.69, 9.17) is 9.84 Å². The Hall–Kier alpha value is -2.57. The fourth-order valence-electron chi connectivity index (χ4n) is 1.80. The van der Waals surface area contributed by atoms with Gasteiger partial charge in [-0.15, -0.1) is 0 Å². The molecule has 2 amide bonds. The molecule has 0 radical (unpaired) electrons. The summed E-state index contributed by atoms with van der Waals surface area (Å²) in [5.74, 6) is -1.11. The van der Waals surface area contributed by atoms with Gasteiger partial charge in [-0.25, -0.2) is 9.59 Å². The molecule has 1 rings (SSSR count). The van der Waals surface area contributed by atoms with Crippen molar-refractivity contribution < 1.29 is 24.2 Å². The SMILES string of the molecule is O=CNCCCCC(NC(=O)OCc1ccccc1)C(=O)O. The molecule has 7 heteroatoms. The van der Waals surface area contributed by atoms with Gasteiger partial charge in [0.05, 0.1) is 0 Å². The Morgan fingerprint density at radius 3 is 2.59 bits per heavy atom. The minimum Gasteiger partial charge on any atom is -0.480 e. The van der Waals surface area contributed by atoms with Crippen LogP contribution in [0.2, 0.25) is 0 Å². The lowest BCUT2D eigenvalue weighted by Gasteiger charge is -2.14. The van der Waals surface area contributed by atoms with Gasteiger partial charge in [0, 0.05) is 6.54 Å².